The van der Waals surface area contributed by atoms with Gasteiger partial charge in [0.05, 0.1) is 12.2 Å². The molecular formula is C20H28ClN5O. The number of amides is 1. The maximum absolute atomic E-state index is 13.1. The Hall–Kier alpha value is -1.92. The van der Waals surface area contributed by atoms with Gasteiger partial charge in [-0.05, 0) is 50.3 Å². The van der Waals surface area contributed by atoms with E-state index >= 15 is 0 Å². The van der Waals surface area contributed by atoms with Gasteiger partial charge in [0.25, 0.3) is 5.91 Å². The maximum Gasteiger partial charge on any atom is 0.276 e. The third kappa shape index (κ3) is 4.87. The quantitative estimate of drug-likeness (QED) is 0.824. The zero-order valence-electron chi connectivity index (χ0n) is 15.6. The third-order valence-electron chi connectivity index (χ3n) is 5.62. The van der Waals surface area contributed by atoms with Crippen molar-refractivity contribution in [3.63, 3.8) is 0 Å². The van der Waals surface area contributed by atoms with E-state index < -0.39 is 0 Å². The van der Waals surface area contributed by atoms with Crippen LogP contribution in [0.4, 0.5) is 0 Å². The molecule has 1 aromatic carbocycles. The maximum atomic E-state index is 13.1. The van der Waals surface area contributed by atoms with Crippen molar-refractivity contribution in [1.29, 1.82) is 0 Å². The Labute approximate surface area is 166 Å². The van der Waals surface area contributed by atoms with E-state index in [-0.39, 0.29) is 18.3 Å². The average Bonchev–Trinajstić information content (AvgIpc) is 3.15. The Morgan fingerprint density at radius 2 is 1.89 bits per heavy atom. The molecule has 27 heavy (non-hydrogen) atoms. The lowest BCUT2D eigenvalue weighted by atomic mass is 9.85. The van der Waals surface area contributed by atoms with Gasteiger partial charge in [-0.1, -0.05) is 42.0 Å². The predicted octanol–water partition coefficient (Wildman–Crippen LogP) is 3.07. The zero-order chi connectivity index (χ0) is 17.8. The lowest BCUT2D eigenvalue weighted by molar-refractivity contribution is 0.0673. The number of halogens is 1. The predicted molar refractivity (Wildman–Crippen MR) is 107 cm³/mol. The van der Waals surface area contributed by atoms with Crippen molar-refractivity contribution in [3.8, 4) is 0 Å². The van der Waals surface area contributed by atoms with Crippen molar-refractivity contribution in [2.24, 2.45) is 5.92 Å². The molecule has 0 atom stereocenters. The molecule has 1 amide bonds. The summed E-state index contributed by atoms with van der Waals surface area (Å²) in [5.41, 5.74) is 1.63. The van der Waals surface area contributed by atoms with Gasteiger partial charge < -0.3 is 10.2 Å². The molecule has 1 N–H and O–H groups in total. The lowest BCUT2D eigenvalue weighted by Crippen LogP contribution is -2.37. The Kier molecular flexibility index (Phi) is 6.85. The van der Waals surface area contributed by atoms with Gasteiger partial charge in [-0.25, -0.2) is 4.68 Å². The van der Waals surface area contributed by atoms with Crippen molar-refractivity contribution in [1.82, 2.24) is 25.2 Å². The highest BCUT2D eigenvalue weighted by Gasteiger charge is 2.27. The number of hydrogen-bond acceptors (Lipinski definition) is 4. The summed E-state index contributed by atoms with van der Waals surface area (Å²) >= 11 is 0. The Morgan fingerprint density at radius 1 is 1.15 bits per heavy atom. The van der Waals surface area contributed by atoms with Crippen molar-refractivity contribution < 1.29 is 4.79 Å². The largest absolute Gasteiger partial charge is 0.333 e. The van der Waals surface area contributed by atoms with Crippen LogP contribution in [0.25, 0.3) is 0 Å². The molecule has 0 radical (unpaired) electrons. The van der Waals surface area contributed by atoms with Gasteiger partial charge in [0.2, 0.25) is 0 Å². The van der Waals surface area contributed by atoms with Gasteiger partial charge in [-0.3, -0.25) is 4.79 Å². The summed E-state index contributed by atoms with van der Waals surface area (Å²) in [4.78, 5) is 15.1. The van der Waals surface area contributed by atoms with Gasteiger partial charge in [0.15, 0.2) is 5.69 Å². The molecule has 146 valence electrons. The van der Waals surface area contributed by atoms with Crippen LogP contribution in [0.1, 0.15) is 54.2 Å². The highest BCUT2D eigenvalue weighted by atomic mass is 35.5. The average molecular weight is 390 g/mol. The molecule has 4 rings (SSSR count). The molecule has 0 spiro atoms. The van der Waals surface area contributed by atoms with E-state index in [2.05, 4.69) is 27.8 Å². The van der Waals surface area contributed by atoms with Crippen LogP contribution in [0.3, 0.4) is 0 Å². The summed E-state index contributed by atoms with van der Waals surface area (Å²) in [6.45, 7) is 3.44. The zero-order valence-corrected chi connectivity index (χ0v) is 16.4. The number of carbonyl (C=O) groups excluding carboxylic acids is 1. The fourth-order valence-corrected chi connectivity index (χ4v) is 3.80. The number of benzene rings is 1. The highest BCUT2D eigenvalue weighted by Crippen LogP contribution is 2.28. The van der Waals surface area contributed by atoms with Crippen LogP contribution in [0.15, 0.2) is 36.5 Å². The van der Waals surface area contributed by atoms with Crippen molar-refractivity contribution in [3.05, 3.63) is 47.8 Å². The number of hydrogen-bond donors (Lipinski definition) is 1. The van der Waals surface area contributed by atoms with Gasteiger partial charge in [0.1, 0.15) is 0 Å². The van der Waals surface area contributed by atoms with Crippen LogP contribution in [0.2, 0.25) is 0 Å². The highest BCUT2D eigenvalue weighted by molar-refractivity contribution is 5.91. The van der Waals surface area contributed by atoms with Crippen LogP contribution in [-0.4, -0.2) is 45.4 Å². The van der Waals surface area contributed by atoms with E-state index in [1.807, 2.05) is 34.0 Å². The molecule has 1 aliphatic carbocycles. The first-order valence-electron chi connectivity index (χ1n) is 9.75. The van der Waals surface area contributed by atoms with Gasteiger partial charge in [0, 0.05) is 13.1 Å². The Bertz CT molecular complexity index is 725. The molecular weight excluding hydrogens is 362 g/mol. The Morgan fingerprint density at radius 3 is 2.56 bits per heavy atom. The second-order valence-electron chi connectivity index (χ2n) is 7.53. The minimum Gasteiger partial charge on any atom is -0.333 e. The van der Waals surface area contributed by atoms with E-state index in [4.69, 9.17) is 0 Å². The van der Waals surface area contributed by atoms with E-state index in [1.165, 1.54) is 19.3 Å². The Balaban J connectivity index is 0.00000210. The number of carbonyl (C=O) groups is 1. The number of nitrogens with one attached hydrogen (secondary N) is 1. The van der Waals surface area contributed by atoms with Crippen molar-refractivity contribution >= 4 is 18.3 Å². The summed E-state index contributed by atoms with van der Waals surface area (Å²) in [5, 5.41) is 11.8. The van der Waals surface area contributed by atoms with Crippen molar-refractivity contribution in [2.45, 2.75) is 44.7 Å². The molecule has 1 saturated heterocycles. The number of nitrogens with zero attached hydrogens (tertiary/aromatic N) is 4. The van der Waals surface area contributed by atoms with E-state index in [0.717, 1.165) is 38.0 Å². The number of rotatable bonds is 6. The first-order chi connectivity index (χ1) is 12.8. The summed E-state index contributed by atoms with van der Waals surface area (Å²) in [5.74, 6) is 0.628. The molecule has 7 heteroatoms. The SMILES string of the molecule is Cl.O=C(c1cn(C2CCNCC2)nn1)N(Cc1ccccc1)CC1CCC1. The van der Waals surface area contributed by atoms with Gasteiger partial charge >= 0.3 is 0 Å². The third-order valence-corrected chi connectivity index (χ3v) is 5.62. The summed E-state index contributed by atoms with van der Waals surface area (Å²) < 4.78 is 1.89. The van der Waals surface area contributed by atoms with Crippen LogP contribution < -0.4 is 5.32 Å². The monoisotopic (exact) mass is 389 g/mol. The molecule has 2 aromatic rings. The van der Waals surface area contributed by atoms with E-state index in [0.29, 0.717) is 24.2 Å². The standard InChI is InChI=1S/C20H27N5O.ClH/c26-20(19-15-25(23-22-19)18-9-11-21-12-10-18)24(14-17-7-4-8-17)13-16-5-2-1-3-6-16;/h1-3,5-6,15,17-18,21H,4,7-14H2;1H. The molecule has 1 saturated carbocycles. The topological polar surface area (TPSA) is 63.1 Å². The molecule has 0 unspecified atom stereocenters. The molecule has 2 heterocycles. The normalized spacial score (nSPS) is 17.8. The van der Waals surface area contributed by atoms with Crippen LogP contribution in [-0.2, 0) is 6.54 Å². The van der Waals surface area contributed by atoms with E-state index in [1.54, 1.807) is 0 Å². The molecule has 1 aromatic heterocycles. The first kappa shape index (κ1) is 19.8. The summed E-state index contributed by atoms with van der Waals surface area (Å²) in [6, 6.07) is 10.6. The molecule has 0 bridgehead atoms. The van der Waals surface area contributed by atoms with E-state index in [9.17, 15) is 4.79 Å². The molecule has 6 nitrogen and oxygen atoms in total. The summed E-state index contributed by atoms with van der Waals surface area (Å²) in [6.07, 6.45) is 7.64. The molecule has 2 fully saturated rings. The lowest BCUT2D eigenvalue weighted by Gasteiger charge is -2.32. The second-order valence-corrected chi connectivity index (χ2v) is 7.53. The fraction of sp³-hybridized carbons (Fsp3) is 0.550. The smallest absolute Gasteiger partial charge is 0.276 e. The number of aromatic nitrogens is 3. The van der Waals surface area contributed by atoms with Crippen LogP contribution >= 0.6 is 12.4 Å². The van der Waals surface area contributed by atoms with Crippen LogP contribution in [0, 0.1) is 5.92 Å². The minimum absolute atomic E-state index is 0. The first-order valence-corrected chi connectivity index (χ1v) is 9.75. The molecule has 1 aliphatic heterocycles. The fourth-order valence-electron chi connectivity index (χ4n) is 3.80. The van der Waals surface area contributed by atoms with Gasteiger partial charge in [-0.2, -0.15) is 0 Å². The van der Waals surface area contributed by atoms with Gasteiger partial charge in [-0.15, -0.1) is 17.5 Å². The second kappa shape index (κ2) is 9.33. The minimum atomic E-state index is 0. The number of piperidine rings is 1. The van der Waals surface area contributed by atoms with Crippen molar-refractivity contribution in [2.75, 3.05) is 19.6 Å². The molecule has 2 aliphatic rings. The summed E-state index contributed by atoms with van der Waals surface area (Å²) in [7, 11) is 0. The van der Waals surface area contributed by atoms with Crippen LogP contribution in [0.5, 0.6) is 0 Å².